The first-order valence-electron chi connectivity index (χ1n) is 9.39. The van der Waals surface area contributed by atoms with Crippen molar-refractivity contribution in [2.75, 3.05) is 44.3 Å². The molecule has 0 N–H and O–H groups in total. The molecule has 6 heteroatoms. The zero-order valence-corrected chi connectivity index (χ0v) is 15.5. The van der Waals surface area contributed by atoms with Crippen LogP contribution in [0.15, 0.2) is 36.5 Å². The van der Waals surface area contributed by atoms with E-state index in [0.717, 1.165) is 45.1 Å². The van der Waals surface area contributed by atoms with Gasteiger partial charge in [0, 0.05) is 50.0 Å². The molecule has 2 aromatic rings. The van der Waals surface area contributed by atoms with Gasteiger partial charge in [0.2, 0.25) is 0 Å². The van der Waals surface area contributed by atoms with Crippen LogP contribution in [-0.2, 0) is 4.74 Å². The zero-order chi connectivity index (χ0) is 18.1. The van der Waals surface area contributed by atoms with Crippen molar-refractivity contribution >= 4 is 11.6 Å². The summed E-state index contributed by atoms with van der Waals surface area (Å²) < 4.78 is 7.27. The number of hydrogen-bond acceptors (Lipinski definition) is 4. The van der Waals surface area contributed by atoms with E-state index >= 15 is 0 Å². The Labute approximate surface area is 154 Å². The summed E-state index contributed by atoms with van der Waals surface area (Å²) in [5.74, 6) is 0.372. The minimum Gasteiger partial charge on any atom is -0.379 e. The number of rotatable bonds is 4. The first-order chi connectivity index (χ1) is 12.6. The fourth-order valence-electron chi connectivity index (χ4n) is 3.97. The van der Waals surface area contributed by atoms with E-state index in [1.807, 2.05) is 30.9 Å². The Morgan fingerprint density at radius 1 is 1.23 bits per heavy atom. The zero-order valence-electron chi connectivity index (χ0n) is 15.5. The van der Waals surface area contributed by atoms with Crippen molar-refractivity contribution in [3.63, 3.8) is 0 Å². The van der Waals surface area contributed by atoms with Crippen LogP contribution in [0.5, 0.6) is 0 Å². The molecule has 0 saturated carbocycles. The number of ether oxygens (including phenoxy) is 1. The Morgan fingerprint density at radius 3 is 2.77 bits per heavy atom. The van der Waals surface area contributed by atoms with Crippen molar-refractivity contribution in [2.45, 2.75) is 25.8 Å². The number of nitrogens with zero attached hydrogens (tertiary/aromatic N) is 4. The Balaban J connectivity index is 1.59. The smallest absolute Gasteiger partial charge is 0.276 e. The molecule has 0 spiro atoms. The van der Waals surface area contributed by atoms with E-state index in [4.69, 9.17) is 4.74 Å². The van der Waals surface area contributed by atoms with E-state index in [1.54, 1.807) is 10.9 Å². The molecule has 4 rings (SSSR count). The molecule has 26 heavy (non-hydrogen) atoms. The highest BCUT2D eigenvalue weighted by molar-refractivity contribution is 6.06. The molecule has 0 radical (unpaired) electrons. The average Bonchev–Trinajstić information content (AvgIpc) is 3.28. The molecule has 1 atom stereocenters. The Bertz CT molecular complexity index is 780. The van der Waals surface area contributed by atoms with E-state index in [1.165, 1.54) is 5.56 Å². The highest BCUT2D eigenvalue weighted by atomic mass is 16.5. The third-order valence-electron chi connectivity index (χ3n) is 5.28. The summed E-state index contributed by atoms with van der Waals surface area (Å²) in [5, 5.41) is 4.32. The minimum absolute atomic E-state index is 0.0353. The van der Waals surface area contributed by atoms with Crippen LogP contribution in [0.1, 0.15) is 41.9 Å². The molecule has 1 amide bonds. The summed E-state index contributed by atoms with van der Waals surface area (Å²) in [6.45, 7) is 9.30. The van der Waals surface area contributed by atoms with Gasteiger partial charge in [0.15, 0.2) is 0 Å². The van der Waals surface area contributed by atoms with Crippen LogP contribution in [0.2, 0.25) is 0 Å². The number of carbonyl (C=O) groups excluding carboxylic acids is 1. The Morgan fingerprint density at radius 2 is 2.00 bits per heavy atom. The highest BCUT2D eigenvalue weighted by Gasteiger charge is 2.35. The molecule has 1 aromatic heterocycles. The van der Waals surface area contributed by atoms with Crippen LogP contribution < -0.4 is 4.90 Å². The normalized spacial score (nSPS) is 20.6. The summed E-state index contributed by atoms with van der Waals surface area (Å²) in [6.07, 6.45) is 1.71. The highest BCUT2D eigenvalue weighted by Crippen LogP contribution is 2.37. The van der Waals surface area contributed by atoms with Crippen molar-refractivity contribution in [1.29, 1.82) is 0 Å². The number of fused-ring (bicyclic) bond motifs is 1. The van der Waals surface area contributed by atoms with Gasteiger partial charge in [-0.15, -0.1) is 0 Å². The summed E-state index contributed by atoms with van der Waals surface area (Å²) >= 11 is 0. The van der Waals surface area contributed by atoms with Gasteiger partial charge in [-0.2, -0.15) is 5.10 Å². The van der Waals surface area contributed by atoms with Gasteiger partial charge in [0.05, 0.1) is 13.2 Å². The summed E-state index contributed by atoms with van der Waals surface area (Å²) in [7, 11) is 0. The van der Waals surface area contributed by atoms with Crippen LogP contribution in [0.3, 0.4) is 0 Å². The molecule has 138 valence electrons. The summed E-state index contributed by atoms with van der Waals surface area (Å²) in [4.78, 5) is 17.6. The van der Waals surface area contributed by atoms with E-state index in [2.05, 4.69) is 28.2 Å². The van der Waals surface area contributed by atoms with Gasteiger partial charge >= 0.3 is 0 Å². The first kappa shape index (κ1) is 17.2. The second kappa shape index (κ2) is 7.21. The Kier molecular flexibility index (Phi) is 4.78. The van der Waals surface area contributed by atoms with Crippen molar-refractivity contribution in [2.24, 2.45) is 0 Å². The molecule has 3 heterocycles. The molecule has 1 fully saturated rings. The molecular weight excluding hydrogens is 328 g/mol. The van der Waals surface area contributed by atoms with Gasteiger partial charge in [-0.05, 0) is 31.5 Å². The number of amides is 1. The maximum Gasteiger partial charge on any atom is 0.276 e. The topological polar surface area (TPSA) is 50.6 Å². The number of hydrogen-bond donors (Lipinski definition) is 0. The van der Waals surface area contributed by atoms with Gasteiger partial charge in [-0.25, -0.2) is 0 Å². The van der Waals surface area contributed by atoms with E-state index in [-0.39, 0.29) is 11.9 Å². The van der Waals surface area contributed by atoms with Crippen molar-refractivity contribution < 1.29 is 9.53 Å². The molecule has 2 aliphatic heterocycles. The quantitative estimate of drug-likeness (QED) is 0.847. The number of morpholine rings is 1. The monoisotopic (exact) mass is 354 g/mol. The second-order valence-corrected chi connectivity index (χ2v) is 7.34. The molecule has 0 aliphatic carbocycles. The molecule has 0 unspecified atom stereocenters. The van der Waals surface area contributed by atoms with Crippen LogP contribution in [-0.4, -0.2) is 60.0 Å². The first-order valence-corrected chi connectivity index (χ1v) is 9.39. The molecule has 1 saturated heterocycles. The average molecular weight is 354 g/mol. The standard InChI is InChI=1S/C20H26N4O2/c1-15(2)24-19(7-8-21-24)20(25)23-14-16(13-22-9-11-26-12-10-22)17-5-3-4-6-18(17)23/h3-8,15-16H,9-14H2,1-2H3/t16-/m1/s1. The number of para-hydroxylation sites is 1. The minimum atomic E-state index is 0.0353. The number of anilines is 1. The molecule has 0 bridgehead atoms. The lowest BCUT2D eigenvalue weighted by molar-refractivity contribution is 0.0356. The number of benzene rings is 1. The van der Waals surface area contributed by atoms with Crippen molar-refractivity contribution in [3.05, 3.63) is 47.8 Å². The van der Waals surface area contributed by atoms with Crippen LogP contribution in [0, 0.1) is 0 Å². The predicted molar refractivity (Wildman–Crippen MR) is 101 cm³/mol. The largest absolute Gasteiger partial charge is 0.379 e. The molecule has 1 aromatic carbocycles. The summed E-state index contributed by atoms with van der Waals surface area (Å²) in [6, 6.07) is 10.3. The third-order valence-corrected chi connectivity index (χ3v) is 5.28. The van der Waals surface area contributed by atoms with E-state index in [9.17, 15) is 4.79 Å². The molecule has 6 nitrogen and oxygen atoms in total. The lowest BCUT2D eigenvalue weighted by Gasteiger charge is -2.29. The maximum absolute atomic E-state index is 13.3. The fraction of sp³-hybridized carbons (Fsp3) is 0.500. The maximum atomic E-state index is 13.3. The van der Waals surface area contributed by atoms with Crippen LogP contribution in [0.25, 0.3) is 0 Å². The van der Waals surface area contributed by atoms with Gasteiger partial charge in [0.1, 0.15) is 5.69 Å². The molecule has 2 aliphatic rings. The lowest BCUT2D eigenvalue weighted by Crippen LogP contribution is -2.40. The number of carbonyl (C=O) groups is 1. The third kappa shape index (κ3) is 3.15. The van der Waals surface area contributed by atoms with Gasteiger partial charge in [0.25, 0.3) is 5.91 Å². The van der Waals surface area contributed by atoms with E-state index in [0.29, 0.717) is 11.6 Å². The molecular formula is C20H26N4O2. The lowest BCUT2D eigenvalue weighted by atomic mass is 10.0. The van der Waals surface area contributed by atoms with Gasteiger partial charge < -0.3 is 9.64 Å². The fourth-order valence-corrected chi connectivity index (χ4v) is 3.97. The van der Waals surface area contributed by atoms with Crippen molar-refractivity contribution in [3.8, 4) is 0 Å². The van der Waals surface area contributed by atoms with Gasteiger partial charge in [-0.1, -0.05) is 18.2 Å². The SMILES string of the molecule is CC(C)n1nccc1C(=O)N1C[C@@H](CN2CCOCC2)c2ccccc21. The second-order valence-electron chi connectivity index (χ2n) is 7.34. The van der Waals surface area contributed by atoms with E-state index < -0.39 is 0 Å². The summed E-state index contributed by atoms with van der Waals surface area (Å²) in [5.41, 5.74) is 2.96. The van der Waals surface area contributed by atoms with Crippen molar-refractivity contribution in [1.82, 2.24) is 14.7 Å². The Hall–Kier alpha value is -2.18. The predicted octanol–water partition coefficient (Wildman–Crippen LogP) is 2.54. The van der Waals surface area contributed by atoms with Crippen LogP contribution in [0.4, 0.5) is 5.69 Å². The number of aromatic nitrogens is 2. The van der Waals surface area contributed by atoms with Crippen LogP contribution >= 0.6 is 0 Å². The van der Waals surface area contributed by atoms with Gasteiger partial charge in [-0.3, -0.25) is 14.4 Å².